The zero-order valence-electron chi connectivity index (χ0n) is 11.6. The highest BCUT2D eigenvalue weighted by atomic mass is 32.2. The van der Waals surface area contributed by atoms with Crippen LogP contribution >= 0.6 is 11.8 Å². The van der Waals surface area contributed by atoms with Crippen LogP contribution in [0.2, 0.25) is 0 Å². The molecule has 0 saturated heterocycles. The van der Waals surface area contributed by atoms with Gasteiger partial charge in [0.25, 0.3) is 0 Å². The van der Waals surface area contributed by atoms with E-state index in [2.05, 4.69) is 15.3 Å². The highest BCUT2D eigenvalue weighted by molar-refractivity contribution is 7.98. The monoisotopic (exact) mass is 301 g/mol. The summed E-state index contributed by atoms with van der Waals surface area (Å²) < 4.78 is 3.46. The number of hydrogen-bond acceptors (Lipinski definition) is 4. The van der Waals surface area contributed by atoms with Crippen LogP contribution in [0.1, 0.15) is 5.82 Å². The number of nitrogens with zero attached hydrogens (tertiary/aromatic N) is 4. The van der Waals surface area contributed by atoms with Gasteiger partial charge in [-0.25, -0.2) is 14.5 Å². The molecule has 0 unspecified atom stereocenters. The first-order chi connectivity index (χ1) is 10.3. The van der Waals surface area contributed by atoms with E-state index in [0.717, 1.165) is 10.6 Å². The van der Waals surface area contributed by atoms with Crippen LogP contribution in [-0.2, 0) is 13.0 Å². The average Bonchev–Trinajstić information content (AvgIpc) is 3.14. The lowest BCUT2D eigenvalue weighted by atomic mass is 10.3. The predicted octanol–water partition coefficient (Wildman–Crippen LogP) is 1.72. The van der Waals surface area contributed by atoms with Crippen LogP contribution in [0.5, 0.6) is 0 Å². The number of thioether (sulfide) groups is 1. The van der Waals surface area contributed by atoms with Crippen LogP contribution in [0.3, 0.4) is 0 Å². The number of aromatic nitrogens is 5. The number of benzene rings is 1. The summed E-state index contributed by atoms with van der Waals surface area (Å²) in [5, 5.41) is 10.8. The molecule has 2 aromatic heterocycles. The Balaban J connectivity index is 1.95. The second-order valence-electron chi connectivity index (χ2n) is 4.47. The third-order valence-electron chi connectivity index (χ3n) is 3.19. The van der Waals surface area contributed by atoms with E-state index in [1.807, 2.05) is 47.5 Å². The van der Waals surface area contributed by atoms with Gasteiger partial charge in [0, 0.05) is 30.3 Å². The van der Waals surface area contributed by atoms with Gasteiger partial charge in [0.05, 0.1) is 5.69 Å². The van der Waals surface area contributed by atoms with Crippen molar-refractivity contribution in [1.82, 2.24) is 24.5 Å². The number of aromatic amines is 1. The molecule has 108 valence electrons. The lowest BCUT2D eigenvalue weighted by Crippen LogP contribution is -2.18. The molecule has 3 rings (SSSR count). The lowest BCUT2D eigenvalue weighted by Gasteiger charge is -2.09. The molecule has 0 amide bonds. The molecule has 21 heavy (non-hydrogen) atoms. The molecule has 0 radical (unpaired) electrons. The predicted molar refractivity (Wildman–Crippen MR) is 81.9 cm³/mol. The minimum Gasteiger partial charge on any atom is -0.272 e. The largest absolute Gasteiger partial charge is 0.347 e. The van der Waals surface area contributed by atoms with Gasteiger partial charge in [0.15, 0.2) is 0 Å². The molecule has 0 fully saturated rings. The summed E-state index contributed by atoms with van der Waals surface area (Å²) in [5.74, 6) is 0.706. The smallest absolute Gasteiger partial charge is 0.272 e. The van der Waals surface area contributed by atoms with Gasteiger partial charge in [-0.1, -0.05) is 12.1 Å². The SMILES string of the molecule is CSc1ccccc1-n1c(CCn2cccn2)n[nH]c1=O. The van der Waals surface area contributed by atoms with Crippen molar-refractivity contribution in [2.45, 2.75) is 17.9 Å². The molecule has 0 aliphatic heterocycles. The second kappa shape index (κ2) is 6.01. The maximum absolute atomic E-state index is 12.1. The molecule has 0 bridgehead atoms. The third-order valence-corrected chi connectivity index (χ3v) is 3.98. The van der Waals surface area contributed by atoms with E-state index in [0.29, 0.717) is 18.8 Å². The van der Waals surface area contributed by atoms with Gasteiger partial charge in [-0.3, -0.25) is 4.68 Å². The Morgan fingerprint density at radius 3 is 2.90 bits per heavy atom. The van der Waals surface area contributed by atoms with Crippen molar-refractivity contribution in [3.8, 4) is 5.69 Å². The van der Waals surface area contributed by atoms with E-state index >= 15 is 0 Å². The van der Waals surface area contributed by atoms with Crippen LogP contribution in [0.15, 0.2) is 52.4 Å². The van der Waals surface area contributed by atoms with E-state index in [1.165, 1.54) is 0 Å². The molecule has 0 saturated carbocycles. The van der Waals surface area contributed by atoms with Gasteiger partial charge < -0.3 is 0 Å². The fourth-order valence-electron chi connectivity index (χ4n) is 2.21. The first-order valence-corrected chi connectivity index (χ1v) is 7.79. The Bertz CT molecular complexity index is 775. The summed E-state index contributed by atoms with van der Waals surface area (Å²) in [7, 11) is 0. The zero-order valence-corrected chi connectivity index (χ0v) is 12.4. The van der Waals surface area contributed by atoms with Gasteiger partial charge in [-0.2, -0.15) is 10.2 Å². The van der Waals surface area contributed by atoms with Gasteiger partial charge in [0.1, 0.15) is 5.82 Å². The average molecular weight is 301 g/mol. The number of H-pyrrole nitrogens is 1. The van der Waals surface area contributed by atoms with Crippen molar-refractivity contribution in [2.24, 2.45) is 0 Å². The fraction of sp³-hybridized carbons (Fsp3) is 0.214. The normalized spacial score (nSPS) is 10.9. The van der Waals surface area contributed by atoms with Gasteiger partial charge >= 0.3 is 5.69 Å². The molecule has 3 aromatic rings. The van der Waals surface area contributed by atoms with E-state index in [1.54, 1.807) is 22.5 Å². The molecule has 0 spiro atoms. The van der Waals surface area contributed by atoms with Gasteiger partial charge in [-0.05, 0) is 24.5 Å². The van der Waals surface area contributed by atoms with Crippen molar-refractivity contribution in [3.05, 3.63) is 59.0 Å². The molecule has 0 aliphatic carbocycles. The summed E-state index contributed by atoms with van der Waals surface area (Å²) in [6.07, 6.45) is 6.25. The molecule has 1 N–H and O–H groups in total. The van der Waals surface area contributed by atoms with E-state index in [9.17, 15) is 4.79 Å². The zero-order chi connectivity index (χ0) is 14.7. The standard InChI is InChI=1S/C14H15N5OS/c1-21-12-6-3-2-5-11(12)19-13(16-17-14(19)20)7-10-18-9-4-8-15-18/h2-6,8-9H,7,10H2,1H3,(H,17,20). The Morgan fingerprint density at radius 1 is 1.29 bits per heavy atom. The Labute approximate surface area is 125 Å². The van der Waals surface area contributed by atoms with Crippen LogP contribution in [0.4, 0.5) is 0 Å². The molecule has 0 atom stereocenters. The molecular weight excluding hydrogens is 286 g/mol. The second-order valence-corrected chi connectivity index (χ2v) is 5.32. The number of aryl methyl sites for hydroxylation is 2. The van der Waals surface area contributed by atoms with Crippen molar-refractivity contribution in [1.29, 1.82) is 0 Å². The minimum absolute atomic E-state index is 0.216. The molecule has 7 heteroatoms. The van der Waals surface area contributed by atoms with E-state index < -0.39 is 0 Å². The van der Waals surface area contributed by atoms with Crippen LogP contribution in [0.25, 0.3) is 5.69 Å². The van der Waals surface area contributed by atoms with Crippen molar-refractivity contribution < 1.29 is 0 Å². The Kier molecular flexibility index (Phi) is 3.92. The molecule has 2 heterocycles. The van der Waals surface area contributed by atoms with Crippen molar-refractivity contribution >= 4 is 11.8 Å². The lowest BCUT2D eigenvalue weighted by molar-refractivity contribution is 0.594. The third kappa shape index (κ3) is 2.78. The molecule has 0 aliphatic rings. The summed E-state index contributed by atoms with van der Waals surface area (Å²) in [4.78, 5) is 13.1. The Morgan fingerprint density at radius 2 is 2.14 bits per heavy atom. The molecule has 6 nitrogen and oxygen atoms in total. The summed E-state index contributed by atoms with van der Waals surface area (Å²) in [6, 6.07) is 9.69. The maximum atomic E-state index is 12.1. The summed E-state index contributed by atoms with van der Waals surface area (Å²) >= 11 is 1.61. The quantitative estimate of drug-likeness (QED) is 0.729. The summed E-state index contributed by atoms with van der Waals surface area (Å²) in [5.41, 5.74) is 0.645. The van der Waals surface area contributed by atoms with Crippen molar-refractivity contribution in [3.63, 3.8) is 0 Å². The number of hydrogen-bond donors (Lipinski definition) is 1. The number of rotatable bonds is 5. The number of para-hydroxylation sites is 1. The minimum atomic E-state index is -0.216. The van der Waals surface area contributed by atoms with Crippen LogP contribution in [0, 0.1) is 0 Å². The van der Waals surface area contributed by atoms with E-state index in [-0.39, 0.29) is 5.69 Å². The first kappa shape index (κ1) is 13.7. The van der Waals surface area contributed by atoms with E-state index in [4.69, 9.17) is 0 Å². The van der Waals surface area contributed by atoms with Gasteiger partial charge in [-0.15, -0.1) is 11.8 Å². The summed E-state index contributed by atoms with van der Waals surface area (Å²) in [6.45, 7) is 0.679. The topological polar surface area (TPSA) is 68.5 Å². The molecular formula is C14H15N5OS. The highest BCUT2D eigenvalue weighted by Crippen LogP contribution is 2.23. The highest BCUT2D eigenvalue weighted by Gasteiger charge is 2.13. The number of nitrogens with one attached hydrogen (secondary N) is 1. The van der Waals surface area contributed by atoms with Gasteiger partial charge in [0.2, 0.25) is 0 Å². The van der Waals surface area contributed by atoms with Crippen molar-refractivity contribution in [2.75, 3.05) is 6.26 Å². The first-order valence-electron chi connectivity index (χ1n) is 6.56. The van der Waals surface area contributed by atoms with Crippen LogP contribution < -0.4 is 5.69 Å². The van der Waals surface area contributed by atoms with Crippen LogP contribution in [-0.4, -0.2) is 30.8 Å². The molecule has 1 aromatic carbocycles. The fourth-order valence-corrected chi connectivity index (χ4v) is 2.79. The maximum Gasteiger partial charge on any atom is 0.347 e. The Hall–Kier alpha value is -2.28.